The van der Waals surface area contributed by atoms with Crippen LogP contribution in [0.5, 0.6) is 0 Å². The molecule has 3 aliphatic heterocycles. The van der Waals surface area contributed by atoms with E-state index in [1.807, 2.05) is 0 Å². The normalized spacial score (nSPS) is 25.2. The minimum absolute atomic E-state index is 0.103. The van der Waals surface area contributed by atoms with Gasteiger partial charge in [-0.3, -0.25) is 0 Å². The predicted molar refractivity (Wildman–Crippen MR) is 140 cm³/mol. The maximum Gasteiger partial charge on any atom is 0.244 e. The van der Waals surface area contributed by atoms with Crippen LogP contribution >= 0.6 is 23.2 Å². The van der Waals surface area contributed by atoms with Crippen LogP contribution in [0.15, 0.2) is 46.5 Å². The molecule has 11 nitrogen and oxygen atoms in total. The number of halogens is 2. The molecule has 3 atom stereocenters. The Bertz CT molecular complexity index is 1280. The summed E-state index contributed by atoms with van der Waals surface area (Å²) >= 11 is 11.3. The Labute approximate surface area is 232 Å². The smallest absolute Gasteiger partial charge is 0.244 e. The van der Waals surface area contributed by atoms with Crippen molar-refractivity contribution in [3.63, 3.8) is 0 Å². The van der Waals surface area contributed by atoms with E-state index in [0.717, 1.165) is 25.9 Å². The van der Waals surface area contributed by atoms with Crippen molar-refractivity contribution in [2.75, 3.05) is 32.8 Å². The Morgan fingerprint density at radius 3 is 1.89 bits per heavy atom. The Balaban J connectivity index is 0.000000186. The number of sulfonamides is 2. The van der Waals surface area contributed by atoms with E-state index < -0.39 is 26.2 Å². The number of hydrogen-bond acceptors (Lipinski definition) is 9. The third kappa shape index (κ3) is 7.40. The standard InChI is InChI=1S/C14H19ClN2O4S.C9H11ClN2O3S/c15-13-5-4-12(9-16-13)22(18,19)17-7-6-11(10-17)21-14-3-1-2-8-20-14;10-9-2-1-8(5-11-9)16(14,15)12-4-3-7(13)6-12/h4-5,9,11,14H,1-3,6-8,10H2;1-2,5,7,13H,3-4,6H2/t11-,14?;7-/m00/s1. The van der Waals surface area contributed by atoms with Crippen molar-refractivity contribution in [3.8, 4) is 0 Å². The highest BCUT2D eigenvalue weighted by Crippen LogP contribution is 2.25. The summed E-state index contributed by atoms with van der Waals surface area (Å²) in [5.74, 6) is 0. The summed E-state index contributed by atoms with van der Waals surface area (Å²) in [5.41, 5.74) is 0. The van der Waals surface area contributed by atoms with Crippen LogP contribution in [-0.4, -0.2) is 91.8 Å². The van der Waals surface area contributed by atoms with Crippen LogP contribution in [0.4, 0.5) is 0 Å². The van der Waals surface area contributed by atoms with Crippen LogP contribution in [0, 0.1) is 0 Å². The number of aromatic nitrogens is 2. The Hall–Kier alpha value is -1.42. The van der Waals surface area contributed by atoms with E-state index in [1.54, 1.807) is 0 Å². The first-order valence-corrected chi connectivity index (χ1v) is 15.9. The average molecular weight is 610 g/mol. The van der Waals surface area contributed by atoms with E-state index in [9.17, 15) is 21.9 Å². The first-order valence-electron chi connectivity index (χ1n) is 12.2. The molecule has 0 spiro atoms. The summed E-state index contributed by atoms with van der Waals surface area (Å²) in [6.45, 7) is 2.00. The van der Waals surface area contributed by atoms with E-state index >= 15 is 0 Å². The van der Waals surface area contributed by atoms with Crippen molar-refractivity contribution in [2.45, 2.75) is 60.4 Å². The first kappa shape index (κ1) is 29.6. The molecule has 2 aromatic rings. The summed E-state index contributed by atoms with van der Waals surface area (Å²) in [4.78, 5) is 7.83. The molecule has 5 rings (SSSR count). The topological polar surface area (TPSA) is 139 Å². The molecule has 3 aliphatic rings. The Morgan fingerprint density at radius 1 is 0.842 bits per heavy atom. The van der Waals surface area contributed by atoms with Gasteiger partial charge in [0.2, 0.25) is 20.0 Å². The molecule has 38 heavy (non-hydrogen) atoms. The van der Waals surface area contributed by atoms with E-state index in [0.29, 0.717) is 32.5 Å². The lowest BCUT2D eigenvalue weighted by Gasteiger charge is -2.26. The SMILES string of the molecule is O=S(=O)(c1ccc(Cl)nc1)N1CC[C@H](O)C1.O=S(=O)(c1ccc(Cl)nc1)N1CC[C@H](OC2CCCCO2)C1. The van der Waals surface area contributed by atoms with E-state index in [1.165, 1.54) is 45.3 Å². The molecule has 0 amide bonds. The van der Waals surface area contributed by atoms with Crippen molar-refractivity contribution in [2.24, 2.45) is 0 Å². The summed E-state index contributed by atoms with van der Waals surface area (Å²) in [7, 11) is -7.07. The minimum atomic E-state index is -3.54. The van der Waals surface area contributed by atoms with E-state index in [2.05, 4.69) is 9.97 Å². The third-order valence-electron chi connectivity index (χ3n) is 6.39. The van der Waals surface area contributed by atoms with Gasteiger partial charge in [-0.15, -0.1) is 0 Å². The summed E-state index contributed by atoms with van der Waals surface area (Å²) < 4.78 is 63.2. The lowest BCUT2D eigenvalue weighted by molar-refractivity contribution is -0.184. The number of nitrogens with zero attached hydrogens (tertiary/aromatic N) is 4. The molecule has 5 heterocycles. The molecule has 0 bridgehead atoms. The Kier molecular flexibility index (Phi) is 9.98. The van der Waals surface area contributed by atoms with Crippen LogP contribution in [0.25, 0.3) is 0 Å². The molecule has 1 N–H and O–H groups in total. The van der Waals surface area contributed by atoms with Gasteiger partial charge >= 0.3 is 0 Å². The van der Waals surface area contributed by atoms with Gasteiger partial charge in [-0.05, 0) is 56.4 Å². The predicted octanol–water partition coefficient (Wildman–Crippen LogP) is 2.53. The maximum atomic E-state index is 12.5. The zero-order chi connectivity index (χ0) is 27.3. The molecule has 0 saturated carbocycles. The summed E-state index contributed by atoms with van der Waals surface area (Å²) in [6.07, 6.45) is 5.82. The largest absolute Gasteiger partial charge is 0.392 e. The number of pyridine rings is 2. The molecule has 3 fully saturated rings. The van der Waals surface area contributed by atoms with Gasteiger partial charge in [-0.2, -0.15) is 8.61 Å². The van der Waals surface area contributed by atoms with Gasteiger partial charge in [0.05, 0.1) is 12.2 Å². The highest BCUT2D eigenvalue weighted by atomic mass is 35.5. The van der Waals surface area contributed by atoms with Gasteiger partial charge in [0.1, 0.15) is 20.1 Å². The zero-order valence-electron chi connectivity index (χ0n) is 20.5. The second-order valence-corrected chi connectivity index (χ2v) is 13.8. The number of aliphatic hydroxyl groups is 1. The van der Waals surface area contributed by atoms with Gasteiger partial charge in [-0.25, -0.2) is 26.8 Å². The highest BCUT2D eigenvalue weighted by molar-refractivity contribution is 7.89. The van der Waals surface area contributed by atoms with Gasteiger partial charge in [0.15, 0.2) is 6.29 Å². The van der Waals surface area contributed by atoms with Gasteiger partial charge < -0.3 is 14.6 Å². The number of hydrogen-bond donors (Lipinski definition) is 1. The lowest BCUT2D eigenvalue weighted by Crippen LogP contribution is -2.33. The van der Waals surface area contributed by atoms with Gasteiger partial charge in [0, 0.05) is 45.2 Å². The molecular weight excluding hydrogens is 579 g/mol. The number of ether oxygens (including phenoxy) is 2. The van der Waals surface area contributed by atoms with E-state index in [-0.39, 0.29) is 39.0 Å². The third-order valence-corrected chi connectivity index (χ3v) is 10.5. The Morgan fingerprint density at radius 2 is 1.42 bits per heavy atom. The van der Waals surface area contributed by atoms with Crippen molar-refractivity contribution >= 4 is 43.2 Å². The zero-order valence-corrected chi connectivity index (χ0v) is 23.7. The molecule has 3 saturated heterocycles. The second kappa shape index (κ2) is 12.8. The van der Waals surface area contributed by atoms with Crippen molar-refractivity contribution < 1.29 is 31.4 Å². The number of aliphatic hydroxyl groups excluding tert-OH is 1. The van der Waals surface area contributed by atoms with E-state index in [4.69, 9.17) is 32.7 Å². The van der Waals surface area contributed by atoms with Crippen molar-refractivity contribution in [3.05, 3.63) is 47.0 Å². The van der Waals surface area contributed by atoms with Crippen molar-refractivity contribution in [1.82, 2.24) is 18.6 Å². The molecule has 1 unspecified atom stereocenters. The quantitative estimate of drug-likeness (QED) is 0.490. The van der Waals surface area contributed by atoms with Crippen LogP contribution in [0.3, 0.4) is 0 Å². The molecular formula is C23H30Cl2N4O7S2. The van der Waals surface area contributed by atoms with Crippen LogP contribution < -0.4 is 0 Å². The summed E-state index contributed by atoms with van der Waals surface area (Å²) in [5, 5.41) is 9.84. The molecule has 2 aromatic heterocycles. The minimum Gasteiger partial charge on any atom is -0.392 e. The molecule has 0 radical (unpaired) electrons. The average Bonchev–Trinajstić information content (AvgIpc) is 3.56. The second-order valence-electron chi connectivity index (χ2n) is 9.14. The van der Waals surface area contributed by atoms with Gasteiger partial charge in [-0.1, -0.05) is 23.2 Å². The number of β-amino-alcohol motifs (C(OH)–C–C–N with tert-alkyl or cyclic N) is 1. The fourth-order valence-electron chi connectivity index (χ4n) is 4.32. The molecule has 0 aromatic carbocycles. The van der Waals surface area contributed by atoms with Gasteiger partial charge in [0.25, 0.3) is 0 Å². The fraction of sp³-hybridized carbons (Fsp3) is 0.565. The molecule has 210 valence electrons. The lowest BCUT2D eigenvalue weighted by atomic mass is 10.2. The molecule has 15 heteroatoms. The summed E-state index contributed by atoms with van der Waals surface area (Å²) in [6, 6.07) is 5.80. The van der Waals surface area contributed by atoms with Crippen LogP contribution in [-0.2, 0) is 29.5 Å². The van der Waals surface area contributed by atoms with Crippen LogP contribution in [0.1, 0.15) is 32.1 Å². The fourth-order valence-corrected chi connectivity index (χ4v) is 7.41. The van der Waals surface area contributed by atoms with Crippen LogP contribution in [0.2, 0.25) is 10.3 Å². The molecule has 0 aliphatic carbocycles. The maximum absolute atomic E-state index is 12.5. The highest BCUT2D eigenvalue weighted by Gasteiger charge is 2.35. The van der Waals surface area contributed by atoms with Crippen molar-refractivity contribution in [1.29, 1.82) is 0 Å². The first-order chi connectivity index (χ1) is 18.1. The monoisotopic (exact) mass is 608 g/mol. The number of rotatable bonds is 6.